The van der Waals surface area contributed by atoms with Crippen molar-refractivity contribution < 1.29 is 9.18 Å². The predicted octanol–water partition coefficient (Wildman–Crippen LogP) is 2.98. The number of hydrogen-bond donors (Lipinski definition) is 1. The van der Waals surface area contributed by atoms with Crippen molar-refractivity contribution in [1.29, 1.82) is 0 Å². The van der Waals surface area contributed by atoms with Crippen molar-refractivity contribution in [3.63, 3.8) is 0 Å². The first-order valence-electron chi connectivity index (χ1n) is 6.32. The Hall–Kier alpha value is -0.930. The van der Waals surface area contributed by atoms with E-state index in [-0.39, 0.29) is 12.2 Å². The molecule has 2 rings (SSSR count). The second kappa shape index (κ2) is 6.30. The van der Waals surface area contributed by atoms with Gasteiger partial charge in [0.2, 0.25) is 0 Å². The highest BCUT2D eigenvalue weighted by Gasteiger charge is 2.17. The van der Waals surface area contributed by atoms with Gasteiger partial charge in [-0.3, -0.25) is 4.79 Å². The third kappa shape index (κ3) is 3.53. The standard InChI is InChI=1S/C14H17ClFNO/c15-13-2-1-3-14(16)12(13)8-11(18)5-4-10-6-7-17-9-10/h1-3,10,17H,4-9H2. The molecule has 1 saturated heterocycles. The molecule has 1 N–H and O–H groups in total. The normalized spacial score (nSPS) is 19.1. The van der Waals surface area contributed by atoms with Crippen molar-refractivity contribution in [2.45, 2.75) is 25.7 Å². The number of hydrogen-bond acceptors (Lipinski definition) is 2. The van der Waals surface area contributed by atoms with E-state index in [0.29, 0.717) is 22.9 Å². The lowest BCUT2D eigenvalue weighted by Gasteiger charge is -2.08. The van der Waals surface area contributed by atoms with Crippen LogP contribution in [0.1, 0.15) is 24.8 Å². The number of Topliss-reactive ketones (excluding diaryl/α,β-unsaturated/α-hetero) is 1. The monoisotopic (exact) mass is 269 g/mol. The van der Waals surface area contributed by atoms with Crippen LogP contribution in [0.15, 0.2) is 18.2 Å². The van der Waals surface area contributed by atoms with Gasteiger partial charge in [0.15, 0.2) is 0 Å². The summed E-state index contributed by atoms with van der Waals surface area (Å²) in [6, 6.07) is 4.51. The lowest BCUT2D eigenvalue weighted by Crippen LogP contribution is -2.11. The second-order valence-corrected chi connectivity index (χ2v) is 5.22. The van der Waals surface area contributed by atoms with Crippen LogP contribution in [0, 0.1) is 11.7 Å². The summed E-state index contributed by atoms with van der Waals surface area (Å²) in [5.41, 5.74) is 0.328. The Labute approximate surface area is 112 Å². The number of rotatable bonds is 5. The maximum atomic E-state index is 13.5. The smallest absolute Gasteiger partial charge is 0.137 e. The summed E-state index contributed by atoms with van der Waals surface area (Å²) in [4.78, 5) is 11.8. The fraction of sp³-hybridized carbons (Fsp3) is 0.500. The molecule has 0 spiro atoms. The molecule has 1 heterocycles. The lowest BCUT2D eigenvalue weighted by molar-refractivity contribution is -0.118. The average Bonchev–Trinajstić information content (AvgIpc) is 2.84. The number of carbonyl (C=O) groups excluding carboxylic acids is 1. The van der Waals surface area contributed by atoms with Gasteiger partial charge in [0.1, 0.15) is 11.6 Å². The zero-order valence-corrected chi connectivity index (χ0v) is 11.0. The first-order chi connectivity index (χ1) is 8.66. The molecule has 2 nitrogen and oxygen atoms in total. The van der Waals surface area contributed by atoms with Crippen molar-refractivity contribution >= 4 is 17.4 Å². The Balaban J connectivity index is 1.86. The molecule has 1 atom stereocenters. The predicted molar refractivity (Wildman–Crippen MR) is 70.3 cm³/mol. The van der Waals surface area contributed by atoms with Gasteiger partial charge in [-0.05, 0) is 44.0 Å². The second-order valence-electron chi connectivity index (χ2n) is 4.81. The molecule has 0 bridgehead atoms. The van der Waals surface area contributed by atoms with Gasteiger partial charge in [0, 0.05) is 23.4 Å². The minimum atomic E-state index is -0.390. The molecule has 4 heteroatoms. The van der Waals surface area contributed by atoms with Crippen molar-refractivity contribution in [2.24, 2.45) is 5.92 Å². The maximum Gasteiger partial charge on any atom is 0.137 e. The van der Waals surface area contributed by atoms with Gasteiger partial charge in [0.25, 0.3) is 0 Å². The largest absolute Gasteiger partial charge is 0.316 e. The zero-order chi connectivity index (χ0) is 13.0. The molecular formula is C14H17ClFNO. The van der Waals surface area contributed by atoms with E-state index in [1.54, 1.807) is 12.1 Å². The van der Waals surface area contributed by atoms with Crippen LogP contribution < -0.4 is 5.32 Å². The third-order valence-electron chi connectivity index (χ3n) is 3.43. The Morgan fingerprint density at radius 1 is 1.50 bits per heavy atom. The van der Waals surface area contributed by atoms with Gasteiger partial charge in [-0.1, -0.05) is 17.7 Å². The average molecular weight is 270 g/mol. The molecule has 1 aromatic rings. The molecule has 1 aromatic carbocycles. The van der Waals surface area contributed by atoms with E-state index in [1.807, 2.05) is 0 Å². The van der Waals surface area contributed by atoms with Crippen molar-refractivity contribution in [3.05, 3.63) is 34.6 Å². The lowest BCUT2D eigenvalue weighted by atomic mass is 9.98. The molecule has 98 valence electrons. The van der Waals surface area contributed by atoms with E-state index in [1.165, 1.54) is 6.07 Å². The van der Waals surface area contributed by atoms with E-state index >= 15 is 0 Å². The van der Waals surface area contributed by atoms with E-state index in [0.717, 1.165) is 25.9 Å². The van der Waals surface area contributed by atoms with E-state index in [9.17, 15) is 9.18 Å². The fourth-order valence-electron chi connectivity index (χ4n) is 2.31. The first kappa shape index (κ1) is 13.5. The highest BCUT2D eigenvalue weighted by molar-refractivity contribution is 6.31. The van der Waals surface area contributed by atoms with E-state index in [4.69, 9.17) is 11.6 Å². The summed E-state index contributed by atoms with van der Waals surface area (Å²) in [5.74, 6) is 0.261. The molecule has 1 aliphatic heterocycles. The SMILES string of the molecule is O=C(CCC1CCNC1)Cc1c(F)cccc1Cl. The third-order valence-corrected chi connectivity index (χ3v) is 3.78. The van der Waals surface area contributed by atoms with Gasteiger partial charge >= 0.3 is 0 Å². The Kier molecular flexibility index (Phi) is 4.72. The topological polar surface area (TPSA) is 29.1 Å². The molecule has 1 unspecified atom stereocenters. The Morgan fingerprint density at radius 2 is 2.33 bits per heavy atom. The fourth-order valence-corrected chi connectivity index (χ4v) is 2.54. The zero-order valence-electron chi connectivity index (χ0n) is 10.2. The van der Waals surface area contributed by atoms with Crippen molar-refractivity contribution in [2.75, 3.05) is 13.1 Å². The Morgan fingerprint density at radius 3 is 3.00 bits per heavy atom. The van der Waals surface area contributed by atoms with Crippen LogP contribution in [0.2, 0.25) is 5.02 Å². The van der Waals surface area contributed by atoms with E-state index in [2.05, 4.69) is 5.32 Å². The summed E-state index contributed by atoms with van der Waals surface area (Å²) >= 11 is 5.90. The summed E-state index contributed by atoms with van der Waals surface area (Å²) in [6.07, 6.45) is 2.63. The highest BCUT2D eigenvalue weighted by Crippen LogP contribution is 2.21. The molecule has 18 heavy (non-hydrogen) atoms. The number of halogens is 2. The molecule has 0 aliphatic carbocycles. The maximum absolute atomic E-state index is 13.5. The van der Waals surface area contributed by atoms with Gasteiger partial charge < -0.3 is 5.32 Å². The van der Waals surface area contributed by atoms with E-state index < -0.39 is 5.82 Å². The van der Waals surface area contributed by atoms with Crippen molar-refractivity contribution in [1.82, 2.24) is 5.32 Å². The summed E-state index contributed by atoms with van der Waals surface area (Å²) in [6.45, 7) is 2.03. The molecule has 0 radical (unpaired) electrons. The molecule has 1 fully saturated rings. The summed E-state index contributed by atoms with van der Waals surface area (Å²) in [7, 11) is 0. The first-order valence-corrected chi connectivity index (χ1v) is 6.70. The van der Waals surface area contributed by atoms with Gasteiger partial charge in [-0.15, -0.1) is 0 Å². The summed E-state index contributed by atoms with van der Waals surface area (Å²) < 4.78 is 13.5. The molecule has 1 aliphatic rings. The number of benzene rings is 1. The molecule has 0 amide bonds. The van der Waals surface area contributed by atoms with Crippen LogP contribution in [0.3, 0.4) is 0 Å². The van der Waals surface area contributed by atoms with Crippen LogP contribution in [0.25, 0.3) is 0 Å². The van der Waals surface area contributed by atoms with Crippen LogP contribution in [0.5, 0.6) is 0 Å². The van der Waals surface area contributed by atoms with Crippen LogP contribution in [-0.4, -0.2) is 18.9 Å². The quantitative estimate of drug-likeness (QED) is 0.890. The molecule has 0 aromatic heterocycles. The highest BCUT2D eigenvalue weighted by atomic mass is 35.5. The minimum absolute atomic E-state index is 0.0638. The van der Waals surface area contributed by atoms with Crippen LogP contribution >= 0.6 is 11.6 Å². The summed E-state index contributed by atoms with van der Waals surface area (Å²) in [5, 5.41) is 3.61. The Bertz CT molecular complexity index is 410. The minimum Gasteiger partial charge on any atom is -0.316 e. The van der Waals surface area contributed by atoms with Crippen LogP contribution in [-0.2, 0) is 11.2 Å². The number of ketones is 1. The molecular weight excluding hydrogens is 253 g/mol. The number of nitrogens with one attached hydrogen (secondary N) is 1. The van der Waals surface area contributed by atoms with Gasteiger partial charge in [-0.25, -0.2) is 4.39 Å². The van der Waals surface area contributed by atoms with Gasteiger partial charge in [-0.2, -0.15) is 0 Å². The van der Waals surface area contributed by atoms with Crippen LogP contribution in [0.4, 0.5) is 4.39 Å². The van der Waals surface area contributed by atoms with Crippen molar-refractivity contribution in [3.8, 4) is 0 Å². The van der Waals surface area contributed by atoms with Gasteiger partial charge in [0.05, 0.1) is 0 Å². The molecule has 0 saturated carbocycles. The number of carbonyl (C=O) groups is 1.